The quantitative estimate of drug-likeness (QED) is 0.691. The van der Waals surface area contributed by atoms with Gasteiger partial charge in [-0.1, -0.05) is 0 Å². The van der Waals surface area contributed by atoms with Crippen LogP contribution in [0.5, 0.6) is 0 Å². The number of hydrogen-bond donors (Lipinski definition) is 2. The normalized spacial score (nSPS) is 14.7. The summed E-state index contributed by atoms with van der Waals surface area (Å²) in [4.78, 5) is 16.1. The molecule has 1 aliphatic carbocycles. The first kappa shape index (κ1) is 13.5. The lowest BCUT2D eigenvalue weighted by Gasteiger charge is -2.04. The van der Waals surface area contributed by atoms with Crippen LogP contribution in [-0.4, -0.2) is 44.2 Å². The minimum Gasteiger partial charge on any atom is -0.383 e. The van der Waals surface area contributed by atoms with Gasteiger partial charge in [0.15, 0.2) is 0 Å². The van der Waals surface area contributed by atoms with Crippen molar-refractivity contribution in [2.75, 3.05) is 33.4 Å². The van der Waals surface area contributed by atoms with Crippen LogP contribution in [0.3, 0.4) is 0 Å². The van der Waals surface area contributed by atoms with Crippen LogP contribution in [0.25, 0.3) is 0 Å². The molecule has 2 N–H and O–H groups in total. The number of aromatic nitrogens is 1. The van der Waals surface area contributed by atoms with Gasteiger partial charge < -0.3 is 15.4 Å². The summed E-state index contributed by atoms with van der Waals surface area (Å²) in [6, 6.07) is 0. The van der Waals surface area contributed by atoms with Gasteiger partial charge in [-0.15, -0.1) is 11.3 Å². The van der Waals surface area contributed by atoms with Crippen LogP contribution in [0.1, 0.15) is 34.3 Å². The average Bonchev–Trinajstić information content (AvgIpc) is 3.11. The molecule has 1 aromatic rings. The highest BCUT2D eigenvalue weighted by molar-refractivity contribution is 7.10. The van der Waals surface area contributed by atoms with Gasteiger partial charge in [0.25, 0.3) is 5.91 Å². The minimum atomic E-state index is -0.0771. The Bertz CT molecular complexity index is 390. The average molecular weight is 269 g/mol. The van der Waals surface area contributed by atoms with Crippen LogP contribution in [0, 0.1) is 0 Å². The zero-order valence-corrected chi connectivity index (χ0v) is 11.4. The summed E-state index contributed by atoms with van der Waals surface area (Å²) in [5, 5.41) is 8.98. The number of carbonyl (C=O) groups excluding carboxylic acids is 1. The first-order valence-electron chi connectivity index (χ1n) is 6.24. The van der Waals surface area contributed by atoms with E-state index in [1.165, 1.54) is 12.8 Å². The number of thiazole rings is 1. The van der Waals surface area contributed by atoms with Crippen LogP contribution in [0.4, 0.5) is 0 Å². The molecule has 0 aromatic carbocycles. The van der Waals surface area contributed by atoms with E-state index in [1.807, 2.05) is 5.38 Å². The fourth-order valence-electron chi connectivity index (χ4n) is 1.56. The molecule has 0 radical (unpaired) electrons. The predicted octanol–water partition coefficient (Wildman–Crippen LogP) is 0.986. The second-order valence-electron chi connectivity index (χ2n) is 4.34. The molecular formula is C12H19N3O2S. The van der Waals surface area contributed by atoms with E-state index in [-0.39, 0.29) is 5.91 Å². The number of rotatable bonds is 8. The topological polar surface area (TPSA) is 63.2 Å². The van der Waals surface area contributed by atoms with Gasteiger partial charge in [0.1, 0.15) is 5.69 Å². The van der Waals surface area contributed by atoms with Crippen LogP contribution in [0.15, 0.2) is 5.38 Å². The van der Waals surface area contributed by atoms with Gasteiger partial charge >= 0.3 is 0 Å². The van der Waals surface area contributed by atoms with E-state index in [4.69, 9.17) is 4.74 Å². The van der Waals surface area contributed by atoms with E-state index < -0.39 is 0 Å². The minimum absolute atomic E-state index is 0.0771. The molecule has 100 valence electrons. The van der Waals surface area contributed by atoms with Gasteiger partial charge in [-0.05, 0) is 12.8 Å². The summed E-state index contributed by atoms with van der Waals surface area (Å²) in [6.07, 6.45) is 2.44. The van der Waals surface area contributed by atoms with Crippen molar-refractivity contribution in [3.63, 3.8) is 0 Å². The zero-order valence-electron chi connectivity index (χ0n) is 10.6. The summed E-state index contributed by atoms with van der Waals surface area (Å²) < 4.78 is 4.91. The smallest absolute Gasteiger partial charge is 0.270 e. The summed E-state index contributed by atoms with van der Waals surface area (Å²) in [5.41, 5.74) is 0.554. The lowest BCUT2D eigenvalue weighted by Crippen LogP contribution is -2.33. The lowest BCUT2D eigenvalue weighted by molar-refractivity contribution is 0.0949. The van der Waals surface area contributed by atoms with Gasteiger partial charge in [-0.3, -0.25) is 4.79 Å². The first-order valence-corrected chi connectivity index (χ1v) is 7.12. The van der Waals surface area contributed by atoms with Crippen molar-refractivity contribution in [1.82, 2.24) is 15.6 Å². The Hall–Kier alpha value is -0.980. The summed E-state index contributed by atoms with van der Waals surface area (Å²) in [7, 11) is 1.67. The second kappa shape index (κ2) is 6.82. The van der Waals surface area contributed by atoms with E-state index in [1.54, 1.807) is 18.4 Å². The van der Waals surface area contributed by atoms with Gasteiger partial charge in [0, 0.05) is 38.0 Å². The third kappa shape index (κ3) is 4.04. The molecule has 0 saturated heterocycles. The van der Waals surface area contributed by atoms with E-state index in [2.05, 4.69) is 15.6 Å². The Morgan fingerprint density at radius 2 is 2.33 bits per heavy atom. The molecule has 1 heterocycles. The Morgan fingerprint density at radius 3 is 3.06 bits per heavy atom. The number of methoxy groups -OCH3 is 1. The number of amides is 1. The number of nitrogens with one attached hydrogen (secondary N) is 2. The summed E-state index contributed by atoms with van der Waals surface area (Å²) in [6.45, 7) is 2.84. The molecule has 0 atom stereocenters. The molecule has 1 saturated carbocycles. The molecular weight excluding hydrogens is 250 g/mol. The molecule has 1 aromatic heterocycles. The van der Waals surface area contributed by atoms with Crippen molar-refractivity contribution >= 4 is 17.2 Å². The molecule has 18 heavy (non-hydrogen) atoms. The van der Waals surface area contributed by atoms with Crippen molar-refractivity contribution in [3.05, 3.63) is 16.1 Å². The predicted molar refractivity (Wildman–Crippen MR) is 71.2 cm³/mol. The van der Waals surface area contributed by atoms with E-state index in [0.29, 0.717) is 24.8 Å². The van der Waals surface area contributed by atoms with Crippen LogP contribution >= 0.6 is 11.3 Å². The largest absolute Gasteiger partial charge is 0.383 e. The third-order valence-corrected chi connectivity index (χ3v) is 3.76. The second-order valence-corrected chi connectivity index (χ2v) is 5.23. The van der Waals surface area contributed by atoms with Crippen LogP contribution in [-0.2, 0) is 4.74 Å². The van der Waals surface area contributed by atoms with Crippen LogP contribution in [0.2, 0.25) is 0 Å². The zero-order chi connectivity index (χ0) is 12.8. The van der Waals surface area contributed by atoms with Gasteiger partial charge in [0.2, 0.25) is 0 Å². The van der Waals surface area contributed by atoms with E-state index in [0.717, 1.165) is 18.1 Å². The SMILES string of the molecule is COCCNCCNC(=O)c1csc(C2CC2)n1. The number of ether oxygens (including phenoxy) is 1. The highest BCUT2D eigenvalue weighted by atomic mass is 32.1. The summed E-state index contributed by atoms with van der Waals surface area (Å²) >= 11 is 1.59. The molecule has 5 nitrogen and oxygen atoms in total. The number of hydrogen-bond acceptors (Lipinski definition) is 5. The molecule has 2 rings (SSSR count). The van der Waals surface area contributed by atoms with Crippen molar-refractivity contribution < 1.29 is 9.53 Å². The molecule has 1 fully saturated rings. The van der Waals surface area contributed by atoms with Crippen molar-refractivity contribution in [1.29, 1.82) is 0 Å². The fraction of sp³-hybridized carbons (Fsp3) is 0.667. The highest BCUT2D eigenvalue weighted by Crippen LogP contribution is 2.41. The Balaban J connectivity index is 1.64. The highest BCUT2D eigenvalue weighted by Gasteiger charge is 2.27. The maximum absolute atomic E-state index is 11.8. The molecule has 0 spiro atoms. The number of carbonyl (C=O) groups is 1. The molecule has 1 amide bonds. The Morgan fingerprint density at radius 1 is 1.50 bits per heavy atom. The molecule has 6 heteroatoms. The number of nitrogens with zero attached hydrogens (tertiary/aromatic N) is 1. The monoisotopic (exact) mass is 269 g/mol. The molecule has 0 unspecified atom stereocenters. The van der Waals surface area contributed by atoms with E-state index in [9.17, 15) is 4.79 Å². The molecule has 0 aliphatic heterocycles. The van der Waals surface area contributed by atoms with E-state index >= 15 is 0 Å². The van der Waals surface area contributed by atoms with Crippen molar-refractivity contribution in [2.45, 2.75) is 18.8 Å². The standard InChI is InChI=1S/C12H19N3O2S/c1-17-7-6-13-4-5-14-11(16)10-8-18-12(15-10)9-2-3-9/h8-9,13H,2-7H2,1H3,(H,14,16). The van der Waals surface area contributed by atoms with Gasteiger partial charge in [0.05, 0.1) is 11.6 Å². The van der Waals surface area contributed by atoms with Gasteiger partial charge in [-0.2, -0.15) is 0 Å². The Labute approximate surface area is 111 Å². The lowest BCUT2D eigenvalue weighted by atomic mass is 10.4. The van der Waals surface area contributed by atoms with Crippen LogP contribution < -0.4 is 10.6 Å². The van der Waals surface area contributed by atoms with Gasteiger partial charge in [-0.25, -0.2) is 4.98 Å². The first-order chi connectivity index (χ1) is 8.81. The van der Waals surface area contributed by atoms with Crippen molar-refractivity contribution in [3.8, 4) is 0 Å². The maximum atomic E-state index is 11.8. The summed E-state index contributed by atoms with van der Waals surface area (Å²) in [5.74, 6) is 0.541. The maximum Gasteiger partial charge on any atom is 0.270 e. The Kier molecular flexibility index (Phi) is 5.10. The fourth-order valence-corrected chi connectivity index (χ4v) is 2.54. The molecule has 1 aliphatic rings. The molecule has 0 bridgehead atoms. The van der Waals surface area contributed by atoms with Crippen molar-refractivity contribution in [2.24, 2.45) is 0 Å². The third-order valence-electron chi connectivity index (χ3n) is 2.75.